The lowest BCUT2D eigenvalue weighted by molar-refractivity contribution is -0.143. The zero-order chi connectivity index (χ0) is 22.3. The SMILES string of the molecule is CCCC[C@@H](C(=O)O)[C@@H](Cc1ccc(-c2cnn(-c3ccccc3)c2)cc1)c1nn[nH]n1. The number of tetrazole rings is 1. The van der Waals surface area contributed by atoms with Crippen LogP contribution in [0.25, 0.3) is 16.8 Å². The lowest BCUT2D eigenvalue weighted by Crippen LogP contribution is -2.25. The third-order valence-electron chi connectivity index (χ3n) is 5.71. The molecule has 2 aromatic carbocycles. The summed E-state index contributed by atoms with van der Waals surface area (Å²) >= 11 is 0. The van der Waals surface area contributed by atoms with Gasteiger partial charge in [0.1, 0.15) is 0 Å². The highest BCUT2D eigenvalue weighted by Gasteiger charge is 2.32. The number of H-pyrrole nitrogens is 1. The van der Waals surface area contributed by atoms with E-state index in [4.69, 9.17) is 0 Å². The Labute approximate surface area is 186 Å². The molecule has 0 bridgehead atoms. The van der Waals surface area contributed by atoms with Gasteiger partial charge in [-0.15, -0.1) is 10.2 Å². The first kappa shape index (κ1) is 21.4. The van der Waals surface area contributed by atoms with Gasteiger partial charge in [0.25, 0.3) is 0 Å². The third-order valence-corrected chi connectivity index (χ3v) is 5.71. The number of aromatic amines is 1. The van der Waals surface area contributed by atoms with E-state index in [1.54, 1.807) is 0 Å². The normalized spacial score (nSPS) is 13.0. The maximum absolute atomic E-state index is 12.0. The van der Waals surface area contributed by atoms with Gasteiger partial charge in [0.15, 0.2) is 5.82 Å². The summed E-state index contributed by atoms with van der Waals surface area (Å²) in [5.41, 5.74) is 4.10. The highest BCUT2D eigenvalue weighted by Crippen LogP contribution is 2.31. The van der Waals surface area contributed by atoms with Crippen LogP contribution in [-0.2, 0) is 11.2 Å². The number of carbonyl (C=O) groups is 1. The molecule has 0 fully saturated rings. The Kier molecular flexibility index (Phi) is 6.69. The summed E-state index contributed by atoms with van der Waals surface area (Å²) < 4.78 is 1.85. The zero-order valence-corrected chi connectivity index (χ0v) is 17.9. The van der Waals surface area contributed by atoms with Crippen LogP contribution < -0.4 is 0 Å². The van der Waals surface area contributed by atoms with Crippen molar-refractivity contribution in [3.8, 4) is 16.8 Å². The van der Waals surface area contributed by atoms with Crippen LogP contribution in [0.2, 0.25) is 0 Å². The standard InChI is InChI=1S/C24H26N6O2/c1-2-3-9-21(24(31)32)22(23-26-28-29-27-23)14-17-10-12-18(13-11-17)19-15-25-30(16-19)20-7-5-4-6-8-20/h4-8,10-13,15-16,21-22H,2-3,9,14H2,1H3,(H,31,32)(H,26,27,28,29)/t21-,22-/m1/s1. The van der Waals surface area contributed by atoms with Crippen molar-refractivity contribution in [3.63, 3.8) is 0 Å². The first-order valence-electron chi connectivity index (χ1n) is 10.8. The van der Waals surface area contributed by atoms with E-state index in [0.717, 1.165) is 35.2 Å². The lowest BCUT2D eigenvalue weighted by atomic mass is 9.83. The van der Waals surface area contributed by atoms with Gasteiger partial charge in [-0.2, -0.15) is 10.3 Å². The van der Waals surface area contributed by atoms with Gasteiger partial charge in [0, 0.05) is 17.7 Å². The van der Waals surface area contributed by atoms with E-state index in [1.165, 1.54) is 0 Å². The zero-order valence-electron chi connectivity index (χ0n) is 17.9. The number of para-hydroxylation sites is 1. The molecule has 0 spiro atoms. The Morgan fingerprint density at radius 3 is 2.53 bits per heavy atom. The molecule has 2 atom stereocenters. The Morgan fingerprint density at radius 2 is 1.88 bits per heavy atom. The number of rotatable bonds is 10. The van der Waals surface area contributed by atoms with Crippen molar-refractivity contribution >= 4 is 5.97 Å². The van der Waals surface area contributed by atoms with Crippen molar-refractivity contribution < 1.29 is 9.90 Å². The molecule has 0 saturated carbocycles. The molecule has 8 nitrogen and oxygen atoms in total. The van der Waals surface area contributed by atoms with Crippen LogP contribution in [0.5, 0.6) is 0 Å². The van der Waals surface area contributed by atoms with Gasteiger partial charge in [-0.1, -0.05) is 67.4 Å². The Balaban J connectivity index is 1.53. The van der Waals surface area contributed by atoms with Gasteiger partial charge in [0.2, 0.25) is 0 Å². The molecular weight excluding hydrogens is 404 g/mol. The summed E-state index contributed by atoms with van der Waals surface area (Å²) in [4.78, 5) is 12.0. The summed E-state index contributed by atoms with van der Waals surface area (Å²) in [6.45, 7) is 2.06. The van der Waals surface area contributed by atoms with E-state index in [-0.39, 0.29) is 5.92 Å². The molecule has 0 saturated heterocycles. The molecule has 4 aromatic rings. The van der Waals surface area contributed by atoms with Gasteiger partial charge in [0.05, 0.1) is 17.8 Å². The maximum atomic E-state index is 12.0. The Morgan fingerprint density at radius 1 is 1.09 bits per heavy atom. The first-order chi connectivity index (χ1) is 15.7. The molecule has 164 valence electrons. The molecule has 2 N–H and O–H groups in total. The topological polar surface area (TPSA) is 110 Å². The summed E-state index contributed by atoms with van der Waals surface area (Å²) in [6.07, 6.45) is 6.74. The van der Waals surface area contributed by atoms with Crippen LogP contribution >= 0.6 is 0 Å². The lowest BCUT2D eigenvalue weighted by Gasteiger charge is -2.21. The molecule has 0 aliphatic rings. The maximum Gasteiger partial charge on any atom is 0.307 e. The second kappa shape index (κ2) is 10.00. The van der Waals surface area contributed by atoms with Gasteiger partial charge in [-0.05, 0) is 36.1 Å². The molecule has 2 aromatic heterocycles. The predicted molar refractivity (Wildman–Crippen MR) is 120 cm³/mol. The second-order valence-electron chi connectivity index (χ2n) is 7.87. The molecule has 2 heterocycles. The highest BCUT2D eigenvalue weighted by atomic mass is 16.4. The fraction of sp³-hybridized carbons (Fsp3) is 0.292. The quantitative estimate of drug-likeness (QED) is 0.389. The minimum atomic E-state index is -0.821. The summed E-state index contributed by atoms with van der Waals surface area (Å²) in [5, 5.41) is 28.6. The highest BCUT2D eigenvalue weighted by molar-refractivity contribution is 5.71. The number of nitrogens with one attached hydrogen (secondary N) is 1. The number of nitrogens with zero attached hydrogens (tertiary/aromatic N) is 5. The number of aromatic nitrogens is 6. The Hall–Kier alpha value is -3.81. The number of carboxylic acid groups (broad SMARTS) is 1. The molecule has 4 rings (SSSR count). The van der Waals surface area contributed by atoms with Crippen molar-refractivity contribution in [1.82, 2.24) is 30.4 Å². The molecule has 0 unspecified atom stereocenters. The molecule has 8 heteroatoms. The largest absolute Gasteiger partial charge is 0.481 e. The van der Waals surface area contributed by atoms with Gasteiger partial charge in [-0.3, -0.25) is 4.79 Å². The predicted octanol–water partition coefficient (Wildman–Crippen LogP) is 4.27. The van der Waals surface area contributed by atoms with Crippen molar-refractivity contribution in [2.75, 3.05) is 0 Å². The summed E-state index contributed by atoms with van der Waals surface area (Å²) in [7, 11) is 0. The number of unbranched alkanes of at least 4 members (excludes halogenated alkanes) is 1. The average molecular weight is 431 g/mol. The summed E-state index contributed by atoms with van der Waals surface area (Å²) in [6, 6.07) is 18.1. The molecule has 0 amide bonds. The van der Waals surface area contributed by atoms with Crippen molar-refractivity contribution in [2.24, 2.45) is 5.92 Å². The minimum absolute atomic E-state index is 0.343. The smallest absolute Gasteiger partial charge is 0.307 e. The van der Waals surface area contributed by atoms with E-state index in [0.29, 0.717) is 18.7 Å². The number of carboxylic acids is 1. The van der Waals surface area contributed by atoms with Crippen LogP contribution in [-0.4, -0.2) is 41.5 Å². The van der Waals surface area contributed by atoms with Crippen LogP contribution in [0.1, 0.15) is 43.5 Å². The number of hydrogen-bond acceptors (Lipinski definition) is 5. The van der Waals surface area contributed by atoms with Gasteiger partial charge in [-0.25, -0.2) is 4.68 Å². The van der Waals surface area contributed by atoms with Gasteiger partial charge < -0.3 is 5.11 Å². The van der Waals surface area contributed by atoms with Crippen LogP contribution in [0.4, 0.5) is 0 Å². The van der Waals surface area contributed by atoms with E-state index in [1.807, 2.05) is 71.7 Å². The Bertz CT molecular complexity index is 1120. The molecule has 0 aliphatic heterocycles. The number of hydrogen-bond donors (Lipinski definition) is 2. The van der Waals surface area contributed by atoms with Crippen LogP contribution in [0.3, 0.4) is 0 Å². The van der Waals surface area contributed by atoms with Crippen molar-refractivity contribution in [3.05, 3.63) is 78.4 Å². The second-order valence-corrected chi connectivity index (χ2v) is 7.87. The van der Waals surface area contributed by atoms with E-state index >= 15 is 0 Å². The minimum Gasteiger partial charge on any atom is -0.481 e. The molecule has 0 aliphatic carbocycles. The number of aliphatic carboxylic acids is 1. The van der Waals surface area contributed by atoms with Crippen molar-refractivity contribution in [1.29, 1.82) is 0 Å². The third kappa shape index (κ3) is 4.91. The molecule has 0 radical (unpaired) electrons. The van der Waals surface area contributed by atoms with Gasteiger partial charge >= 0.3 is 5.97 Å². The van der Waals surface area contributed by atoms with Crippen molar-refractivity contribution in [2.45, 2.75) is 38.5 Å². The average Bonchev–Trinajstić information content (AvgIpc) is 3.52. The molecular formula is C24H26N6O2. The monoisotopic (exact) mass is 430 g/mol. The number of benzene rings is 2. The molecule has 32 heavy (non-hydrogen) atoms. The van der Waals surface area contributed by atoms with Crippen LogP contribution in [0.15, 0.2) is 67.0 Å². The van der Waals surface area contributed by atoms with E-state index in [2.05, 4.69) is 32.6 Å². The fourth-order valence-electron chi connectivity index (χ4n) is 3.94. The van der Waals surface area contributed by atoms with Crippen LogP contribution in [0, 0.1) is 5.92 Å². The van der Waals surface area contributed by atoms with E-state index < -0.39 is 11.9 Å². The summed E-state index contributed by atoms with van der Waals surface area (Å²) in [5.74, 6) is -1.28. The van der Waals surface area contributed by atoms with E-state index in [9.17, 15) is 9.90 Å². The first-order valence-corrected chi connectivity index (χ1v) is 10.8. The fourth-order valence-corrected chi connectivity index (χ4v) is 3.94.